The predicted octanol–water partition coefficient (Wildman–Crippen LogP) is -0.184. The topological polar surface area (TPSA) is 63.1 Å². The Morgan fingerprint density at radius 1 is 1.47 bits per heavy atom. The number of carbonyl (C=O) groups is 1. The fourth-order valence-corrected chi connectivity index (χ4v) is 1.45. The van der Waals surface area contributed by atoms with Crippen molar-refractivity contribution in [2.24, 2.45) is 7.05 Å². The molecular weight excluding hydrogens is 218 g/mol. The van der Waals surface area contributed by atoms with Crippen LogP contribution in [0.2, 0.25) is 0 Å². The van der Waals surface area contributed by atoms with E-state index in [2.05, 4.69) is 15.5 Å². The van der Waals surface area contributed by atoms with Gasteiger partial charge < -0.3 is 14.8 Å². The summed E-state index contributed by atoms with van der Waals surface area (Å²) in [5.74, 6) is 1.15. The van der Waals surface area contributed by atoms with Crippen molar-refractivity contribution in [2.45, 2.75) is 19.3 Å². The summed E-state index contributed by atoms with van der Waals surface area (Å²) in [6.07, 6.45) is 4.03. The minimum atomic E-state index is 0.181. The molecule has 0 aromatic carbocycles. The summed E-state index contributed by atoms with van der Waals surface area (Å²) >= 11 is 0. The van der Waals surface area contributed by atoms with E-state index in [1.807, 2.05) is 11.6 Å². The number of rotatable bonds is 7. The van der Waals surface area contributed by atoms with Gasteiger partial charge in [-0.05, 0) is 13.0 Å². The van der Waals surface area contributed by atoms with Gasteiger partial charge in [0, 0.05) is 40.5 Å². The van der Waals surface area contributed by atoms with Gasteiger partial charge in [0.1, 0.15) is 12.2 Å². The number of amides is 1. The zero-order chi connectivity index (χ0) is 12.7. The van der Waals surface area contributed by atoms with E-state index in [1.165, 1.54) is 0 Å². The summed E-state index contributed by atoms with van der Waals surface area (Å²) in [5.41, 5.74) is 0. The molecule has 1 rings (SSSR count). The fourth-order valence-electron chi connectivity index (χ4n) is 1.45. The van der Waals surface area contributed by atoms with Gasteiger partial charge in [0.05, 0.1) is 0 Å². The molecule has 0 aliphatic carbocycles. The molecule has 17 heavy (non-hydrogen) atoms. The molecule has 1 aromatic rings. The second-order valence-corrected chi connectivity index (χ2v) is 4.25. The van der Waals surface area contributed by atoms with Crippen LogP contribution in [-0.4, -0.2) is 52.8 Å². The Morgan fingerprint density at radius 2 is 2.24 bits per heavy atom. The third kappa shape index (κ3) is 4.95. The largest absolute Gasteiger partial charge is 0.349 e. The summed E-state index contributed by atoms with van der Waals surface area (Å²) in [6.45, 7) is 1.72. The first-order valence-corrected chi connectivity index (χ1v) is 5.85. The molecule has 0 aliphatic heterocycles. The number of hydrogen-bond donors (Lipinski definition) is 1. The minimum Gasteiger partial charge on any atom is -0.349 e. The van der Waals surface area contributed by atoms with Gasteiger partial charge in [-0.1, -0.05) is 0 Å². The van der Waals surface area contributed by atoms with Crippen molar-refractivity contribution in [3.63, 3.8) is 0 Å². The van der Waals surface area contributed by atoms with Crippen molar-refractivity contribution in [3.05, 3.63) is 12.2 Å². The van der Waals surface area contributed by atoms with Crippen LogP contribution >= 0.6 is 0 Å². The average molecular weight is 239 g/mol. The van der Waals surface area contributed by atoms with Gasteiger partial charge in [-0.15, -0.1) is 10.2 Å². The van der Waals surface area contributed by atoms with Crippen molar-refractivity contribution in [3.8, 4) is 0 Å². The molecule has 0 radical (unpaired) electrons. The van der Waals surface area contributed by atoms with E-state index in [0.717, 1.165) is 31.8 Å². The molecule has 1 N–H and O–H groups in total. The monoisotopic (exact) mass is 239 g/mol. The highest BCUT2D eigenvalue weighted by Gasteiger charge is 2.03. The van der Waals surface area contributed by atoms with E-state index >= 15 is 0 Å². The average Bonchev–Trinajstić information content (AvgIpc) is 2.68. The van der Waals surface area contributed by atoms with Crippen LogP contribution in [0, 0.1) is 0 Å². The van der Waals surface area contributed by atoms with Crippen LogP contribution in [0.3, 0.4) is 0 Å². The van der Waals surface area contributed by atoms with Gasteiger partial charge in [0.2, 0.25) is 5.91 Å². The lowest BCUT2D eigenvalue weighted by molar-refractivity contribution is -0.128. The maximum atomic E-state index is 11.3. The van der Waals surface area contributed by atoms with Crippen molar-refractivity contribution >= 4 is 5.91 Å². The van der Waals surface area contributed by atoms with Gasteiger partial charge in [-0.3, -0.25) is 4.79 Å². The summed E-state index contributed by atoms with van der Waals surface area (Å²) in [5, 5.41) is 11.1. The van der Waals surface area contributed by atoms with Gasteiger partial charge in [-0.25, -0.2) is 0 Å². The van der Waals surface area contributed by atoms with Crippen LogP contribution < -0.4 is 5.32 Å². The van der Waals surface area contributed by atoms with E-state index in [1.54, 1.807) is 25.3 Å². The number of aromatic nitrogens is 3. The quantitative estimate of drug-likeness (QED) is 0.670. The number of carbonyl (C=O) groups excluding carboxylic acids is 1. The number of aryl methyl sites for hydroxylation is 1. The normalized spacial score (nSPS) is 10.5. The highest BCUT2D eigenvalue weighted by Crippen LogP contribution is 1.93. The Morgan fingerprint density at radius 3 is 2.82 bits per heavy atom. The Labute approximate surface area is 102 Å². The predicted molar refractivity (Wildman–Crippen MR) is 65.5 cm³/mol. The Kier molecular flexibility index (Phi) is 5.62. The Hall–Kier alpha value is -1.43. The lowest BCUT2D eigenvalue weighted by atomic mass is 10.3. The van der Waals surface area contributed by atoms with Crippen LogP contribution in [-0.2, 0) is 18.3 Å². The SMILES string of the molecule is CN(C)C(=O)CCCNCCc1nncn1C. The van der Waals surface area contributed by atoms with Gasteiger partial charge in [-0.2, -0.15) is 0 Å². The zero-order valence-electron chi connectivity index (χ0n) is 10.8. The number of hydrogen-bond acceptors (Lipinski definition) is 4. The molecule has 96 valence electrons. The van der Waals surface area contributed by atoms with Crippen molar-refractivity contribution < 1.29 is 4.79 Å². The Bertz CT molecular complexity index is 347. The summed E-state index contributed by atoms with van der Waals surface area (Å²) in [6, 6.07) is 0. The second kappa shape index (κ2) is 7.01. The first-order chi connectivity index (χ1) is 8.11. The first kappa shape index (κ1) is 13.6. The van der Waals surface area contributed by atoms with E-state index < -0.39 is 0 Å². The van der Waals surface area contributed by atoms with Crippen molar-refractivity contribution in [2.75, 3.05) is 27.2 Å². The zero-order valence-corrected chi connectivity index (χ0v) is 10.8. The molecule has 6 nitrogen and oxygen atoms in total. The highest BCUT2D eigenvalue weighted by molar-refractivity contribution is 5.75. The molecule has 1 heterocycles. The van der Waals surface area contributed by atoms with Gasteiger partial charge in [0.15, 0.2) is 0 Å². The van der Waals surface area contributed by atoms with Crippen molar-refractivity contribution in [1.29, 1.82) is 0 Å². The number of nitrogens with zero attached hydrogens (tertiary/aromatic N) is 4. The van der Waals surface area contributed by atoms with Crippen LogP contribution in [0.25, 0.3) is 0 Å². The minimum absolute atomic E-state index is 0.181. The lowest BCUT2D eigenvalue weighted by Gasteiger charge is -2.10. The molecule has 0 fully saturated rings. The summed E-state index contributed by atoms with van der Waals surface area (Å²) < 4.78 is 1.91. The van der Waals surface area contributed by atoms with E-state index in [0.29, 0.717) is 6.42 Å². The van der Waals surface area contributed by atoms with E-state index in [-0.39, 0.29) is 5.91 Å². The fraction of sp³-hybridized carbons (Fsp3) is 0.727. The Balaban J connectivity index is 2.02. The van der Waals surface area contributed by atoms with Crippen LogP contribution in [0.4, 0.5) is 0 Å². The molecular formula is C11H21N5O. The lowest BCUT2D eigenvalue weighted by Crippen LogP contribution is -2.24. The smallest absolute Gasteiger partial charge is 0.222 e. The molecule has 0 saturated carbocycles. The van der Waals surface area contributed by atoms with Crippen LogP contribution in [0.15, 0.2) is 6.33 Å². The molecule has 0 spiro atoms. The molecule has 0 bridgehead atoms. The third-order valence-electron chi connectivity index (χ3n) is 2.57. The van der Waals surface area contributed by atoms with Crippen LogP contribution in [0.1, 0.15) is 18.7 Å². The first-order valence-electron chi connectivity index (χ1n) is 5.85. The van der Waals surface area contributed by atoms with Crippen molar-refractivity contribution in [1.82, 2.24) is 25.0 Å². The van der Waals surface area contributed by atoms with Gasteiger partial charge in [0.25, 0.3) is 0 Å². The maximum Gasteiger partial charge on any atom is 0.222 e. The molecule has 0 unspecified atom stereocenters. The molecule has 6 heteroatoms. The van der Waals surface area contributed by atoms with E-state index in [9.17, 15) is 4.79 Å². The molecule has 1 aromatic heterocycles. The van der Waals surface area contributed by atoms with E-state index in [4.69, 9.17) is 0 Å². The van der Waals surface area contributed by atoms with Gasteiger partial charge >= 0.3 is 0 Å². The standard InChI is InChI=1S/C11H21N5O/c1-15(2)11(17)5-4-7-12-8-6-10-14-13-9-16(10)3/h9,12H,4-8H2,1-3H3. The molecule has 0 saturated heterocycles. The second-order valence-electron chi connectivity index (χ2n) is 4.25. The highest BCUT2D eigenvalue weighted by atomic mass is 16.2. The third-order valence-corrected chi connectivity index (χ3v) is 2.57. The van der Waals surface area contributed by atoms with Crippen LogP contribution in [0.5, 0.6) is 0 Å². The molecule has 0 aliphatic rings. The number of nitrogens with one attached hydrogen (secondary N) is 1. The summed E-state index contributed by atoms with van der Waals surface area (Å²) in [4.78, 5) is 12.9. The summed E-state index contributed by atoms with van der Waals surface area (Å²) in [7, 11) is 5.50. The molecule has 1 amide bonds. The molecule has 0 atom stereocenters. The maximum absolute atomic E-state index is 11.3.